The van der Waals surface area contributed by atoms with Crippen LogP contribution in [0, 0.1) is 13.8 Å². The zero-order valence-corrected chi connectivity index (χ0v) is 10.3. The average Bonchev–Trinajstić information content (AvgIpc) is 2.53. The van der Waals surface area contributed by atoms with Gasteiger partial charge in [0.2, 0.25) is 5.91 Å². The van der Waals surface area contributed by atoms with Gasteiger partial charge in [0.15, 0.2) is 0 Å². The molecule has 4 heteroatoms. The molecule has 0 spiro atoms. The molecule has 1 rings (SSSR count). The Morgan fingerprint density at radius 2 is 2.19 bits per heavy atom. The number of rotatable bonds is 6. The Bertz CT molecular complexity index is 344. The van der Waals surface area contributed by atoms with Crippen LogP contribution in [0.25, 0.3) is 0 Å². The van der Waals surface area contributed by atoms with Crippen LogP contribution < -0.4 is 10.6 Å². The van der Waals surface area contributed by atoms with Crippen molar-refractivity contribution in [3.05, 3.63) is 23.0 Å². The molecule has 0 fully saturated rings. The Morgan fingerprint density at radius 3 is 2.75 bits per heavy atom. The van der Waals surface area contributed by atoms with Crippen molar-refractivity contribution in [2.24, 2.45) is 0 Å². The van der Waals surface area contributed by atoms with E-state index >= 15 is 0 Å². The maximum Gasteiger partial charge on any atom is 0.233 e. The number of H-pyrrole nitrogens is 1. The molecular weight excluding hydrogens is 202 g/mol. The van der Waals surface area contributed by atoms with Gasteiger partial charge in [-0.2, -0.15) is 0 Å². The Labute approximate surface area is 96.8 Å². The van der Waals surface area contributed by atoms with Gasteiger partial charge in [-0.15, -0.1) is 0 Å². The molecule has 1 aromatic heterocycles. The van der Waals surface area contributed by atoms with Gasteiger partial charge in [-0.1, -0.05) is 0 Å². The zero-order chi connectivity index (χ0) is 12.0. The number of carbonyl (C=O) groups is 1. The van der Waals surface area contributed by atoms with E-state index in [0.29, 0.717) is 6.54 Å². The number of aryl methyl sites for hydroxylation is 3. The Balaban J connectivity index is 2.21. The number of nitrogens with one attached hydrogen (secondary N) is 3. The summed E-state index contributed by atoms with van der Waals surface area (Å²) in [5.41, 5.74) is 3.78. The summed E-state index contributed by atoms with van der Waals surface area (Å²) in [4.78, 5) is 14.4. The number of aromatic amines is 1. The summed E-state index contributed by atoms with van der Waals surface area (Å²) in [5, 5.41) is 5.69. The quantitative estimate of drug-likeness (QED) is 0.628. The molecule has 0 unspecified atom stereocenters. The van der Waals surface area contributed by atoms with Gasteiger partial charge in [-0.25, -0.2) is 0 Å². The number of amides is 1. The lowest BCUT2D eigenvalue weighted by atomic mass is 10.1. The number of hydrogen-bond donors (Lipinski definition) is 3. The van der Waals surface area contributed by atoms with Crippen molar-refractivity contribution in [2.45, 2.75) is 26.7 Å². The molecular formula is C12H21N3O. The fourth-order valence-electron chi connectivity index (χ4n) is 1.77. The fourth-order valence-corrected chi connectivity index (χ4v) is 1.77. The summed E-state index contributed by atoms with van der Waals surface area (Å²) in [6.45, 7) is 5.28. The molecule has 3 N–H and O–H groups in total. The molecule has 1 heterocycles. The van der Waals surface area contributed by atoms with E-state index in [4.69, 9.17) is 0 Å². The minimum Gasteiger partial charge on any atom is -0.362 e. The molecule has 0 aliphatic heterocycles. The first-order valence-electron chi connectivity index (χ1n) is 5.70. The van der Waals surface area contributed by atoms with E-state index < -0.39 is 0 Å². The van der Waals surface area contributed by atoms with Crippen LogP contribution in [0.4, 0.5) is 0 Å². The highest BCUT2D eigenvalue weighted by Crippen LogP contribution is 2.10. The van der Waals surface area contributed by atoms with Crippen molar-refractivity contribution in [1.82, 2.24) is 15.6 Å². The molecule has 0 saturated carbocycles. The van der Waals surface area contributed by atoms with Crippen LogP contribution in [0.15, 0.2) is 6.07 Å². The van der Waals surface area contributed by atoms with Gasteiger partial charge in [0.05, 0.1) is 6.54 Å². The molecule has 16 heavy (non-hydrogen) atoms. The number of carbonyl (C=O) groups excluding carboxylic acids is 1. The summed E-state index contributed by atoms with van der Waals surface area (Å²) in [5.74, 6) is 0.0597. The summed E-state index contributed by atoms with van der Waals surface area (Å²) >= 11 is 0. The monoisotopic (exact) mass is 223 g/mol. The molecule has 1 amide bonds. The summed E-state index contributed by atoms with van der Waals surface area (Å²) in [6, 6.07) is 2.17. The van der Waals surface area contributed by atoms with Gasteiger partial charge >= 0.3 is 0 Å². The first-order valence-corrected chi connectivity index (χ1v) is 5.70. The Morgan fingerprint density at radius 1 is 1.44 bits per heavy atom. The van der Waals surface area contributed by atoms with Gasteiger partial charge in [-0.3, -0.25) is 4.79 Å². The second-order valence-electron chi connectivity index (χ2n) is 4.09. The summed E-state index contributed by atoms with van der Waals surface area (Å²) in [6.07, 6.45) is 1.99. The normalized spacial score (nSPS) is 10.4. The van der Waals surface area contributed by atoms with Crippen LogP contribution in [-0.2, 0) is 11.2 Å². The van der Waals surface area contributed by atoms with Gasteiger partial charge in [0.25, 0.3) is 0 Å². The molecule has 4 nitrogen and oxygen atoms in total. The molecule has 0 aliphatic rings. The van der Waals surface area contributed by atoms with Crippen LogP contribution in [0.1, 0.15) is 23.4 Å². The fraction of sp³-hybridized carbons (Fsp3) is 0.583. The van der Waals surface area contributed by atoms with Crippen molar-refractivity contribution < 1.29 is 4.79 Å². The van der Waals surface area contributed by atoms with Gasteiger partial charge in [0.1, 0.15) is 0 Å². The van der Waals surface area contributed by atoms with Crippen LogP contribution in [0.3, 0.4) is 0 Å². The highest BCUT2D eigenvalue weighted by atomic mass is 16.1. The van der Waals surface area contributed by atoms with E-state index in [1.165, 1.54) is 17.0 Å². The van der Waals surface area contributed by atoms with Crippen molar-refractivity contribution >= 4 is 5.91 Å². The number of aromatic nitrogens is 1. The predicted octanol–water partition coefficient (Wildman–Crippen LogP) is 0.900. The SMILES string of the molecule is CNCC(=O)NCCCc1cc(C)[nH]c1C. The maximum absolute atomic E-state index is 11.1. The maximum atomic E-state index is 11.1. The summed E-state index contributed by atoms with van der Waals surface area (Å²) < 4.78 is 0. The molecule has 0 aromatic carbocycles. The van der Waals surface area contributed by atoms with Crippen molar-refractivity contribution in [2.75, 3.05) is 20.1 Å². The Hall–Kier alpha value is -1.29. The smallest absolute Gasteiger partial charge is 0.233 e. The van der Waals surface area contributed by atoms with E-state index in [9.17, 15) is 4.79 Å². The lowest BCUT2D eigenvalue weighted by Gasteiger charge is -2.04. The van der Waals surface area contributed by atoms with Crippen molar-refractivity contribution in [1.29, 1.82) is 0 Å². The van der Waals surface area contributed by atoms with E-state index in [2.05, 4.69) is 35.5 Å². The van der Waals surface area contributed by atoms with E-state index in [1.54, 1.807) is 7.05 Å². The van der Waals surface area contributed by atoms with Crippen LogP contribution >= 0.6 is 0 Å². The minimum absolute atomic E-state index is 0.0597. The first kappa shape index (κ1) is 12.8. The first-order chi connectivity index (χ1) is 7.63. The molecule has 0 bridgehead atoms. The van der Waals surface area contributed by atoms with Gasteiger partial charge in [0, 0.05) is 17.9 Å². The second kappa shape index (κ2) is 6.33. The number of hydrogen-bond acceptors (Lipinski definition) is 2. The zero-order valence-electron chi connectivity index (χ0n) is 10.3. The molecule has 90 valence electrons. The molecule has 1 aromatic rings. The van der Waals surface area contributed by atoms with Gasteiger partial charge in [-0.05, 0) is 45.4 Å². The average molecular weight is 223 g/mol. The van der Waals surface area contributed by atoms with Crippen molar-refractivity contribution in [3.8, 4) is 0 Å². The Kier molecular flexibility index (Phi) is 5.05. The molecule has 0 atom stereocenters. The third-order valence-electron chi connectivity index (χ3n) is 2.54. The highest BCUT2D eigenvalue weighted by Gasteiger charge is 2.02. The molecule has 0 aliphatic carbocycles. The summed E-state index contributed by atoms with van der Waals surface area (Å²) in [7, 11) is 1.77. The van der Waals surface area contributed by atoms with Crippen LogP contribution in [0.5, 0.6) is 0 Å². The third-order valence-corrected chi connectivity index (χ3v) is 2.54. The van der Waals surface area contributed by atoms with E-state index in [1.807, 2.05) is 0 Å². The van der Waals surface area contributed by atoms with Crippen LogP contribution in [-0.4, -0.2) is 31.0 Å². The molecule has 0 radical (unpaired) electrons. The largest absolute Gasteiger partial charge is 0.362 e. The van der Waals surface area contributed by atoms with Gasteiger partial charge < -0.3 is 15.6 Å². The minimum atomic E-state index is 0.0597. The molecule has 0 saturated heterocycles. The van der Waals surface area contributed by atoms with E-state index in [-0.39, 0.29) is 5.91 Å². The third kappa shape index (κ3) is 4.06. The highest BCUT2D eigenvalue weighted by molar-refractivity contribution is 5.77. The lowest BCUT2D eigenvalue weighted by Crippen LogP contribution is -2.32. The standard InChI is InChI=1S/C12H21N3O/c1-9-7-11(10(2)15-9)5-4-6-14-12(16)8-13-3/h7,13,15H,4-6,8H2,1-3H3,(H,14,16). The van der Waals surface area contributed by atoms with Crippen molar-refractivity contribution in [3.63, 3.8) is 0 Å². The lowest BCUT2D eigenvalue weighted by molar-refractivity contribution is -0.120. The topological polar surface area (TPSA) is 56.9 Å². The predicted molar refractivity (Wildman–Crippen MR) is 65.5 cm³/mol. The van der Waals surface area contributed by atoms with Crippen LogP contribution in [0.2, 0.25) is 0 Å². The number of likely N-dealkylation sites (N-methyl/N-ethyl adjacent to an activating group) is 1. The second-order valence-corrected chi connectivity index (χ2v) is 4.09. The van der Waals surface area contributed by atoms with E-state index in [0.717, 1.165) is 19.4 Å².